The minimum atomic E-state index is -0.487. The van der Waals surface area contributed by atoms with Crippen molar-refractivity contribution in [3.05, 3.63) is 0 Å². The minimum absolute atomic E-state index is 0.000841. The first-order valence-electron chi connectivity index (χ1n) is 4.58. The molecule has 2 unspecified atom stereocenters. The predicted molar refractivity (Wildman–Crippen MR) is 47.2 cm³/mol. The fourth-order valence-electron chi connectivity index (χ4n) is 1.73. The standard InChI is InChI=1S/C10H14O3/c1-6-3-4-8(10(6)13)9(12)5-7(2)11/h6,8H,3-5H2,1-2H3. The summed E-state index contributed by atoms with van der Waals surface area (Å²) < 4.78 is 0. The molecule has 0 amide bonds. The monoisotopic (exact) mass is 182 g/mol. The summed E-state index contributed by atoms with van der Waals surface area (Å²) >= 11 is 0. The van der Waals surface area contributed by atoms with E-state index in [1.54, 1.807) is 0 Å². The van der Waals surface area contributed by atoms with Crippen molar-refractivity contribution < 1.29 is 14.4 Å². The van der Waals surface area contributed by atoms with Crippen LogP contribution in [0.25, 0.3) is 0 Å². The van der Waals surface area contributed by atoms with Crippen molar-refractivity contribution in [3.8, 4) is 0 Å². The normalized spacial score (nSPS) is 27.7. The maximum Gasteiger partial charge on any atom is 0.150 e. The molecule has 0 bridgehead atoms. The lowest BCUT2D eigenvalue weighted by molar-refractivity contribution is -0.133. The van der Waals surface area contributed by atoms with Crippen LogP contribution in [0.3, 0.4) is 0 Å². The molecule has 13 heavy (non-hydrogen) atoms. The van der Waals surface area contributed by atoms with Crippen LogP contribution in [0.2, 0.25) is 0 Å². The molecule has 2 atom stereocenters. The van der Waals surface area contributed by atoms with Crippen molar-refractivity contribution in [1.29, 1.82) is 0 Å². The van der Waals surface area contributed by atoms with Gasteiger partial charge in [-0.25, -0.2) is 0 Å². The van der Waals surface area contributed by atoms with E-state index in [1.165, 1.54) is 6.92 Å². The summed E-state index contributed by atoms with van der Waals surface area (Å²) in [4.78, 5) is 33.4. The molecule has 3 nitrogen and oxygen atoms in total. The van der Waals surface area contributed by atoms with Gasteiger partial charge in [0.1, 0.15) is 11.6 Å². The van der Waals surface area contributed by atoms with Crippen molar-refractivity contribution in [2.75, 3.05) is 0 Å². The van der Waals surface area contributed by atoms with Gasteiger partial charge in [-0.3, -0.25) is 14.4 Å². The maximum atomic E-state index is 11.4. The van der Waals surface area contributed by atoms with Gasteiger partial charge in [-0.2, -0.15) is 0 Å². The summed E-state index contributed by atoms with van der Waals surface area (Å²) in [6.45, 7) is 3.21. The summed E-state index contributed by atoms with van der Waals surface area (Å²) in [5.74, 6) is -0.815. The van der Waals surface area contributed by atoms with Crippen molar-refractivity contribution in [1.82, 2.24) is 0 Å². The number of ketones is 3. The van der Waals surface area contributed by atoms with Crippen LogP contribution < -0.4 is 0 Å². The molecule has 0 heterocycles. The average Bonchev–Trinajstić information content (AvgIpc) is 2.31. The van der Waals surface area contributed by atoms with Crippen LogP contribution in [0.1, 0.15) is 33.1 Å². The van der Waals surface area contributed by atoms with Crippen LogP contribution in [-0.2, 0) is 14.4 Å². The zero-order valence-corrected chi connectivity index (χ0v) is 8.00. The second-order valence-electron chi connectivity index (χ2n) is 3.78. The highest BCUT2D eigenvalue weighted by Crippen LogP contribution is 2.28. The van der Waals surface area contributed by atoms with Gasteiger partial charge >= 0.3 is 0 Å². The Morgan fingerprint density at radius 1 is 1.38 bits per heavy atom. The number of rotatable bonds is 3. The van der Waals surface area contributed by atoms with E-state index in [1.807, 2.05) is 6.92 Å². The van der Waals surface area contributed by atoms with Crippen molar-refractivity contribution >= 4 is 17.3 Å². The van der Waals surface area contributed by atoms with Crippen LogP contribution in [0.15, 0.2) is 0 Å². The average molecular weight is 182 g/mol. The molecule has 1 aliphatic carbocycles. The van der Waals surface area contributed by atoms with Gasteiger partial charge in [-0.15, -0.1) is 0 Å². The van der Waals surface area contributed by atoms with Crippen LogP contribution in [0, 0.1) is 11.8 Å². The lowest BCUT2D eigenvalue weighted by atomic mass is 9.96. The molecule has 0 aromatic rings. The molecule has 0 radical (unpaired) electrons. The quantitative estimate of drug-likeness (QED) is 0.615. The summed E-state index contributed by atoms with van der Waals surface area (Å²) in [6, 6.07) is 0. The maximum absolute atomic E-state index is 11.4. The minimum Gasteiger partial charge on any atom is -0.300 e. The predicted octanol–water partition coefficient (Wildman–Crippen LogP) is 1.15. The molecule has 3 heteroatoms. The lowest BCUT2D eigenvalue weighted by Crippen LogP contribution is -2.22. The largest absolute Gasteiger partial charge is 0.300 e. The first-order chi connectivity index (χ1) is 6.02. The molecule has 0 spiro atoms. The number of carbonyl (C=O) groups is 3. The number of carbonyl (C=O) groups excluding carboxylic acids is 3. The first kappa shape index (κ1) is 10.1. The molecule has 0 saturated heterocycles. The number of hydrogen-bond donors (Lipinski definition) is 0. The van der Waals surface area contributed by atoms with Gasteiger partial charge in [-0.1, -0.05) is 6.92 Å². The fourth-order valence-corrected chi connectivity index (χ4v) is 1.73. The molecule has 0 aliphatic heterocycles. The van der Waals surface area contributed by atoms with E-state index in [0.717, 1.165) is 6.42 Å². The second kappa shape index (κ2) is 3.81. The summed E-state index contributed by atoms with van der Waals surface area (Å²) in [5, 5.41) is 0. The first-order valence-corrected chi connectivity index (χ1v) is 4.58. The highest BCUT2D eigenvalue weighted by atomic mass is 16.2. The second-order valence-corrected chi connectivity index (χ2v) is 3.78. The topological polar surface area (TPSA) is 51.2 Å². The summed E-state index contributed by atoms with van der Waals surface area (Å²) in [6.07, 6.45) is 1.34. The van der Waals surface area contributed by atoms with E-state index in [2.05, 4.69) is 0 Å². The van der Waals surface area contributed by atoms with Crippen LogP contribution in [0.5, 0.6) is 0 Å². The van der Waals surface area contributed by atoms with Gasteiger partial charge in [-0.05, 0) is 19.8 Å². The third kappa shape index (κ3) is 2.23. The van der Waals surface area contributed by atoms with Gasteiger partial charge in [0, 0.05) is 5.92 Å². The molecule has 1 saturated carbocycles. The molecule has 1 rings (SSSR count). The molecular formula is C10H14O3. The Kier molecular flexibility index (Phi) is 2.96. The van der Waals surface area contributed by atoms with E-state index in [0.29, 0.717) is 6.42 Å². The Bertz CT molecular complexity index is 255. The molecule has 0 aromatic heterocycles. The summed E-state index contributed by atoms with van der Waals surface area (Å²) in [7, 11) is 0. The van der Waals surface area contributed by atoms with Crippen molar-refractivity contribution in [3.63, 3.8) is 0 Å². The van der Waals surface area contributed by atoms with Gasteiger partial charge in [0.15, 0.2) is 5.78 Å². The van der Waals surface area contributed by atoms with E-state index in [4.69, 9.17) is 0 Å². The van der Waals surface area contributed by atoms with Gasteiger partial charge in [0.05, 0.1) is 12.3 Å². The van der Waals surface area contributed by atoms with Crippen LogP contribution in [0.4, 0.5) is 0 Å². The Hall–Kier alpha value is -0.990. The van der Waals surface area contributed by atoms with E-state index >= 15 is 0 Å². The van der Waals surface area contributed by atoms with Gasteiger partial charge < -0.3 is 0 Å². The van der Waals surface area contributed by atoms with Crippen LogP contribution >= 0.6 is 0 Å². The molecular weight excluding hydrogens is 168 g/mol. The highest BCUT2D eigenvalue weighted by Gasteiger charge is 2.35. The Morgan fingerprint density at radius 3 is 2.38 bits per heavy atom. The Morgan fingerprint density at radius 2 is 2.00 bits per heavy atom. The van der Waals surface area contributed by atoms with Crippen molar-refractivity contribution in [2.24, 2.45) is 11.8 Å². The number of hydrogen-bond acceptors (Lipinski definition) is 3. The lowest BCUT2D eigenvalue weighted by Gasteiger charge is -2.05. The number of Topliss-reactive ketones (excluding diaryl/α,β-unsaturated/α-hetero) is 3. The smallest absolute Gasteiger partial charge is 0.150 e. The Labute approximate surface area is 77.5 Å². The zero-order chi connectivity index (χ0) is 10.0. The van der Waals surface area contributed by atoms with E-state index < -0.39 is 5.92 Å². The molecule has 0 N–H and O–H groups in total. The van der Waals surface area contributed by atoms with Crippen LogP contribution in [-0.4, -0.2) is 17.3 Å². The highest BCUT2D eigenvalue weighted by molar-refractivity contribution is 6.10. The van der Waals surface area contributed by atoms with Crippen molar-refractivity contribution in [2.45, 2.75) is 33.1 Å². The van der Waals surface area contributed by atoms with Gasteiger partial charge in [0.2, 0.25) is 0 Å². The third-order valence-corrected chi connectivity index (χ3v) is 2.53. The SMILES string of the molecule is CC(=O)CC(=O)C1CCC(C)C1=O. The fraction of sp³-hybridized carbons (Fsp3) is 0.700. The Balaban J connectivity index is 2.58. The third-order valence-electron chi connectivity index (χ3n) is 2.53. The molecule has 0 aromatic carbocycles. The van der Waals surface area contributed by atoms with Gasteiger partial charge in [0.25, 0.3) is 0 Å². The summed E-state index contributed by atoms with van der Waals surface area (Å²) in [5.41, 5.74) is 0. The van der Waals surface area contributed by atoms with E-state index in [-0.39, 0.29) is 29.7 Å². The zero-order valence-electron chi connectivity index (χ0n) is 8.00. The molecule has 1 aliphatic rings. The molecule has 1 fully saturated rings. The molecule has 72 valence electrons. The van der Waals surface area contributed by atoms with E-state index in [9.17, 15) is 14.4 Å².